The number of aromatic nitrogens is 2. The minimum absolute atomic E-state index is 0.0502. The van der Waals surface area contributed by atoms with Crippen LogP contribution in [0.25, 0.3) is 10.9 Å². The number of nitrogens with zero attached hydrogens (tertiary/aromatic N) is 4. The van der Waals surface area contributed by atoms with Crippen LogP contribution in [0.2, 0.25) is 0 Å². The van der Waals surface area contributed by atoms with Gasteiger partial charge in [0.25, 0.3) is 0 Å². The number of ether oxygens (including phenoxy) is 1. The summed E-state index contributed by atoms with van der Waals surface area (Å²) in [6, 6.07) is 6.41. The highest BCUT2D eigenvalue weighted by molar-refractivity contribution is 7.09. The van der Waals surface area contributed by atoms with Crippen LogP contribution in [0.4, 0.5) is 4.79 Å². The molecular formula is C34H44N6O4S. The maximum absolute atomic E-state index is 14.6. The summed E-state index contributed by atoms with van der Waals surface area (Å²) < 4.78 is 24.2. The Kier molecular flexibility index (Phi) is 9.72. The zero-order valence-electron chi connectivity index (χ0n) is 27.7. The molecule has 3 aliphatic rings. The molecule has 3 aromatic rings. The van der Waals surface area contributed by atoms with Crippen molar-refractivity contribution in [2.75, 3.05) is 19.6 Å². The topological polar surface area (TPSA) is 117 Å². The van der Waals surface area contributed by atoms with E-state index in [2.05, 4.69) is 20.6 Å². The van der Waals surface area contributed by atoms with E-state index >= 15 is 0 Å². The maximum Gasteiger partial charge on any atom is 0.415 e. The Morgan fingerprint density at radius 3 is 2.60 bits per heavy atom. The van der Waals surface area contributed by atoms with Crippen LogP contribution in [-0.4, -0.2) is 75.4 Å². The molecular weight excluding hydrogens is 588 g/mol. The number of amides is 3. The van der Waals surface area contributed by atoms with Crippen molar-refractivity contribution in [1.29, 1.82) is 0 Å². The van der Waals surface area contributed by atoms with Crippen LogP contribution in [0.5, 0.6) is 5.75 Å². The van der Waals surface area contributed by atoms with Crippen molar-refractivity contribution in [3.8, 4) is 5.75 Å². The molecule has 3 heterocycles. The van der Waals surface area contributed by atoms with E-state index in [4.69, 9.17) is 4.74 Å². The van der Waals surface area contributed by atoms with E-state index < -0.39 is 30.1 Å². The lowest BCUT2D eigenvalue weighted by molar-refractivity contribution is -0.145. The van der Waals surface area contributed by atoms with Crippen LogP contribution in [0, 0.1) is 5.89 Å². The lowest BCUT2D eigenvalue weighted by atomic mass is 9.83. The fourth-order valence-corrected chi connectivity index (χ4v) is 7.33. The number of nitrogens with one attached hydrogen (secondary N) is 2. The second kappa shape index (κ2) is 15.1. The molecule has 3 fully saturated rings. The summed E-state index contributed by atoms with van der Waals surface area (Å²) in [6.07, 6.45) is 11.3. The molecule has 240 valence electrons. The first-order chi connectivity index (χ1) is 22.7. The molecule has 10 nitrogen and oxygen atoms in total. The van der Waals surface area contributed by atoms with Gasteiger partial charge in [0.1, 0.15) is 17.9 Å². The number of carbonyl (C=O) groups excluding carboxylic acids is 3. The van der Waals surface area contributed by atoms with Crippen LogP contribution in [0.15, 0.2) is 48.2 Å². The van der Waals surface area contributed by atoms with Crippen LogP contribution in [0.3, 0.4) is 0 Å². The van der Waals surface area contributed by atoms with Gasteiger partial charge in [-0.15, -0.1) is 11.3 Å². The molecule has 0 unspecified atom stereocenters. The molecule has 2 saturated carbocycles. The lowest BCUT2D eigenvalue weighted by Gasteiger charge is -2.42. The quantitative estimate of drug-likeness (QED) is 0.329. The second-order valence-electron chi connectivity index (χ2n) is 12.3. The Hall–Kier alpha value is -3.57. The fraction of sp³-hybridized carbons (Fsp3) is 0.559. The highest BCUT2D eigenvalue weighted by atomic mass is 32.1. The number of carbonyl (C=O) groups is 3. The first-order valence-corrected chi connectivity index (χ1v) is 17.1. The highest BCUT2D eigenvalue weighted by Crippen LogP contribution is 2.30. The van der Waals surface area contributed by atoms with Crippen LogP contribution in [-0.2, 0) is 16.1 Å². The molecule has 1 aliphatic heterocycles. The lowest BCUT2D eigenvalue weighted by Crippen LogP contribution is -2.64. The molecule has 45 heavy (non-hydrogen) atoms. The van der Waals surface area contributed by atoms with Gasteiger partial charge in [-0.25, -0.2) is 14.8 Å². The van der Waals surface area contributed by atoms with Crippen LogP contribution >= 0.6 is 11.3 Å². The standard InChI is InChI=1S/C34H44N6O4S/c41-32(36-21-27-14-8-18-45-27)29-22-39(34(43)44-30-15-7-11-25-20-35-23-37-31(25)30)16-17-40(29)33(42)28(19-24-9-3-1-4-10-24)38-26-12-5-2-6-13-26/h7-8,11,14-15,18,20,23-24,26,28-29,38H,1-6,9-10,12-13,16-17,19,21-22H2,(H,36,41)/t28-,29-/m0/s1/i24D,26D. The molecule has 11 heteroatoms. The fourth-order valence-electron chi connectivity index (χ4n) is 6.68. The van der Waals surface area contributed by atoms with E-state index in [1.807, 2.05) is 23.6 Å². The molecule has 2 N–H and O–H groups in total. The molecule has 1 saturated heterocycles. The smallest absolute Gasteiger partial charge is 0.408 e. The van der Waals surface area contributed by atoms with Gasteiger partial charge in [-0.3, -0.25) is 9.59 Å². The second-order valence-corrected chi connectivity index (χ2v) is 13.3. The summed E-state index contributed by atoms with van der Waals surface area (Å²) in [6.45, 7) is 0.550. The van der Waals surface area contributed by atoms with Crippen molar-refractivity contribution in [1.82, 2.24) is 30.4 Å². The first-order valence-electron chi connectivity index (χ1n) is 17.3. The molecule has 0 radical (unpaired) electrons. The van der Waals surface area contributed by atoms with Gasteiger partial charge < -0.3 is 25.2 Å². The van der Waals surface area contributed by atoms with E-state index in [9.17, 15) is 17.1 Å². The summed E-state index contributed by atoms with van der Waals surface area (Å²) in [7, 11) is 0. The van der Waals surface area contributed by atoms with E-state index in [0.29, 0.717) is 44.2 Å². The van der Waals surface area contributed by atoms with Gasteiger partial charge in [0.05, 0.1) is 19.1 Å². The Labute approximate surface area is 271 Å². The van der Waals surface area contributed by atoms with Gasteiger partial charge in [0, 0.05) is 38.3 Å². The SMILES string of the molecule is [2H]C1(C[C@H](NC2([2H])CCCCC2)C(=O)N2CCN(C(=O)Oc3cccc4cncnc34)C[C@H]2C(=O)NCc2cccs2)CCCCC1. The van der Waals surface area contributed by atoms with Crippen molar-refractivity contribution in [2.24, 2.45) is 5.89 Å². The molecule has 0 bridgehead atoms. The van der Waals surface area contributed by atoms with Gasteiger partial charge >= 0.3 is 6.09 Å². The molecule has 2 atom stereocenters. The predicted molar refractivity (Wildman–Crippen MR) is 174 cm³/mol. The van der Waals surface area contributed by atoms with Gasteiger partial charge in [0.15, 0.2) is 5.75 Å². The molecule has 3 amide bonds. The van der Waals surface area contributed by atoms with Gasteiger partial charge in [0.2, 0.25) is 11.8 Å². The predicted octanol–water partition coefficient (Wildman–Crippen LogP) is 5.28. The number of benzene rings is 1. The van der Waals surface area contributed by atoms with E-state index in [0.717, 1.165) is 48.8 Å². The Morgan fingerprint density at radius 2 is 1.82 bits per heavy atom. The summed E-state index contributed by atoms with van der Waals surface area (Å²) in [5, 5.41) is 9.05. The van der Waals surface area contributed by atoms with E-state index in [1.165, 1.54) is 22.6 Å². The number of para-hydroxylation sites is 1. The van der Waals surface area contributed by atoms with Crippen molar-refractivity contribution in [3.05, 3.63) is 53.1 Å². The molecule has 2 aliphatic carbocycles. The summed E-state index contributed by atoms with van der Waals surface area (Å²) in [4.78, 5) is 54.2. The van der Waals surface area contributed by atoms with Crippen molar-refractivity contribution >= 4 is 40.1 Å². The Morgan fingerprint density at radius 1 is 1.02 bits per heavy atom. The number of fused-ring (bicyclic) bond motifs is 1. The average molecular weight is 635 g/mol. The number of rotatable bonds is 9. The first kappa shape index (κ1) is 28.9. The largest absolute Gasteiger partial charge is 0.415 e. The van der Waals surface area contributed by atoms with Crippen molar-refractivity contribution in [3.63, 3.8) is 0 Å². The number of hydrogen-bond acceptors (Lipinski definition) is 8. The number of hydrogen-bond donors (Lipinski definition) is 2. The number of thiophene rings is 1. The summed E-state index contributed by atoms with van der Waals surface area (Å²) in [5.74, 6) is -1.12. The van der Waals surface area contributed by atoms with Crippen molar-refractivity contribution in [2.45, 2.75) is 95.3 Å². The van der Waals surface area contributed by atoms with Crippen LogP contribution in [0.1, 0.15) is 78.2 Å². The van der Waals surface area contributed by atoms with Crippen molar-refractivity contribution < 1.29 is 21.9 Å². The monoisotopic (exact) mass is 634 g/mol. The third kappa shape index (κ3) is 7.99. The minimum atomic E-state index is -0.969. The molecule has 6 rings (SSSR count). The van der Waals surface area contributed by atoms with Crippen LogP contribution < -0.4 is 15.4 Å². The van der Waals surface area contributed by atoms with E-state index in [-0.39, 0.29) is 37.2 Å². The maximum atomic E-state index is 14.6. The molecule has 0 spiro atoms. The summed E-state index contributed by atoms with van der Waals surface area (Å²) >= 11 is 1.53. The zero-order valence-corrected chi connectivity index (χ0v) is 26.5. The zero-order chi connectivity index (χ0) is 32.9. The third-order valence-corrected chi connectivity index (χ3v) is 10.00. The Bertz CT molecular complexity index is 1520. The minimum Gasteiger partial charge on any atom is -0.408 e. The third-order valence-electron chi connectivity index (χ3n) is 9.12. The Balaban J connectivity index is 1.23. The number of piperazine rings is 1. The summed E-state index contributed by atoms with van der Waals surface area (Å²) in [5.41, 5.74) is 0.503. The van der Waals surface area contributed by atoms with Gasteiger partial charge in [-0.2, -0.15) is 0 Å². The van der Waals surface area contributed by atoms with E-state index in [1.54, 1.807) is 23.2 Å². The molecule has 1 aromatic carbocycles. The normalized spacial score (nSPS) is 22.6. The molecule has 2 aromatic heterocycles. The highest BCUT2D eigenvalue weighted by Gasteiger charge is 2.41. The average Bonchev–Trinajstić information content (AvgIpc) is 3.61. The van der Waals surface area contributed by atoms with Gasteiger partial charge in [-0.05, 0) is 42.7 Å². The van der Waals surface area contributed by atoms with Gasteiger partial charge in [-0.1, -0.05) is 69.6 Å².